The van der Waals surface area contributed by atoms with Crippen LogP contribution in [0.4, 0.5) is 10.1 Å². The molecule has 2 aromatic heterocycles. The summed E-state index contributed by atoms with van der Waals surface area (Å²) in [5.41, 5.74) is 4.49. The number of aromatic nitrogens is 3. The molecule has 3 rings (SSSR count). The Morgan fingerprint density at radius 1 is 1.30 bits per heavy atom. The molecule has 0 aliphatic carbocycles. The van der Waals surface area contributed by atoms with Crippen molar-refractivity contribution in [3.05, 3.63) is 52.7 Å². The topological polar surface area (TPSA) is 66.5 Å². The van der Waals surface area contributed by atoms with Gasteiger partial charge in [0.2, 0.25) is 0 Å². The van der Waals surface area contributed by atoms with Crippen molar-refractivity contribution >= 4 is 16.6 Å². The standard InChI is InChI=1S/C17H16FN5/c1-10-4-14(18)5-15-16(10)20-7-12(6-19)17(15)21-8-13-9-22-23(3)11(13)2/h4-5,7,9H,8H2,1-3H3,(H,20,21). The van der Waals surface area contributed by atoms with Gasteiger partial charge in [-0.05, 0) is 31.5 Å². The summed E-state index contributed by atoms with van der Waals surface area (Å²) in [5, 5.41) is 17.4. The van der Waals surface area contributed by atoms with E-state index >= 15 is 0 Å². The van der Waals surface area contributed by atoms with Gasteiger partial charge in [-0.1, -0.05) is 0 Å². The zero-order valence-electron chi connectivity index (χ0n) is 13.2. The fourth-order valence-electron chi connectivity index (χ4n) is 2.61. The van der Waals surface area contributed by atoms with Gasteiger partial charge in [-0.3, -0.25) is 9.67 Å². The van der Waals surface area contributed by atoms with E-state index in [1.807, 2.05) is 14.0 Å². The molecule has 2 heterocycles. The monoisotopic (exact) mass is 309 g/mol. The van der Waals surface area contributed by atoms with Gasteiger partial charge in [0, 0.05) is 36.4 Å². The second-order valence-corrected chi connectivity index (χ2v) is 5.51. The number of aryl methyl sites for hydroxylation is 2. The Hall–Kier alpha value is -2.94. The van der Waals surface area contributed by atoms with E-state index in [-0.39, 0.29) is 5.82 Å². The predicted molar refractivity (Wildman–Crippen MR) is 86.4 cm³/mol. The number of nitriles is 1. The summed E-state index contributed by atoms with van der Waals surface area (Å²) >= 11 is 0. The van der Waals surface area contributed by atoms with E-state index in [9.17, 15) is 9.65 Å². The molecule has 0 amide bonds. The van der Waals surface area contributed by atoms with Crippen molar-refractivity contribution in [1.29, 1.82) is 5.26 Å². The molecule has 1 aromatic carbocycles. The van der Waals surface area contributed by atoms with Crippen LogP contribution in [0, 0.1) is 31.0 Å². The fourth-order valence-corrected chi connectivity index (χ4v) is 2.61. The van der Waals surface area contributed by atoms with Crippen molar-refractivity contribution in [3.63, 3.8) is 0 Å². The van der Waals surface area contributed by atoms with E-state index in [1.165, 1.54) is 18.3 Å². The molecule has 0 aliphatic rings. The second-order valence-electron chi connectivity index (χ2n) is 5.51. The van der Waals surface area contributed by atoms with Crippen molar-refractivity contribution in [3.8, 4) is 6.07 Å². The number of hydrogen-bond acceptors (Lipinski definition) is 4. The molecule has 0 saturated carbocycles. The van der Waals surface area contributed by atoms with Gasteiger partial charge in [0.15, 0.2) is 0 Å². The molecule has 0 bridgehead atoms. The number of rotatable bonds is 3. The molecule has 5 nitrogen and oxygen atoms in total. The molecule has 116 valence electrons. The van der Waals surface area contributed by atoms with Crippen molar-refractivity contribution in [2.75, 3.05) is 5.32 Å². The number of fused-ring (bicyclic) bond motifs is 1. The summed E-state index contributed by atoms with van der Waals surface area (Å²) in [7, 11) is 1.88. The van der Waals surface area contributed by atoms with Gasteiger partial charge in [-0.15, -0.1) is 0 Å². The minimum atomic E-state index is -0.340. The number of halogens is 1. The fraction of sp³-hybridized carbons (Fsp3) is 0.235. The van der Waals surface area contributed by atoms with Crippen molar-refractivity contribution < 1.29 is 4.39 Å². The third-order valence-electron chi connectivity index (χ3n) is 4.04. The number of benzene rings is 1. The van der Waals surface area contributed by atoms with Crippen molar-refractivity contribution in [2.45, 2.75) is 20.4 Å². The van der Waals surface area contributed by atoms with Crippen LogP contribution in [0.15, 0.2) is 24.5 Å². The normalized spacial score (nSPS) is 10.7. The van der Waals surface area contributed by atoms with Gasteiger partial charge in [0.05, 0.1) is 23.0 Å². The molecule has 1 N–H and O–H groups in total. The minimum Gasteiger partial charge on any atom is -0.379 e. The Kier molecular flexibility index (Phi) is 3.70. The number of nitrogens with zero attached hydrogens (tertiary/aromatic N) is 4. The van der Waals surface area contributed by atoms with E-state index in [0.717, 1.165) is 16.8 Å². The lowest BCUT2D eigenvalue weighted by molar-refractivity contribution is 0.628. The van der Waals surface area contributed by atoms with E-state index in [0.29, 0.717) is 28.7 Å². The third-order valence-corrected chi connectivity index (χ3v) is 4.04. The zero-order valence-corrected chi connectivity index (χ0v) is 13.2. The second kappa shape index (κ2) is 5.69. The van der Waals surface area contributed by atoms with Gasteiger partial charge in [0.1, 0.15) is 11.9 Å². The summed E-state index contributed by atoms with van der Waals surface area (Å²) < 4.78 is 15.6. The van der Waals surface area contributed by atoms with Crippen LogP contribution in [0.25, 0.3) is 10.9 Å². The zero-order chi connectivity index (χ0) is 16.6. The van der Waals surface area contributed by atoms with Crippen LogP contribution >= 0.6 is 0 Å². The van der Waals surface area contributed by atoms with Crippen LogP contribution in [0.1, 0.15) is 22.4 Å². The first kappa shape index (κ1) is 15.0. The lowest BCUT2D eigenvalue weighted by Crippen LogP contribution is -2.05. The molecule has 23 heavy (non-hydrogen) atoms. The first-order valence-corrected chi connectivity index (χ1v) is 7.21. The molecule has 0 aliphatic heterocycles. The molecule has 0 spiro atoms. The molecular formula is C17H16FN5. The summed E-state index contributed by atoms with van der Waals surface area (Å²) in [6.45, 7) is 4.28. The largest absolute Gasteiger partial charge is 0.379 e. The van der Waals surface area contributed by atoms with Crippen molar-refractivity contribution in [1.82, 2.24) is 14.8 Å². The van der Waals surface area contributed by atoms with Gasteiger partial charge >= 0.3 is 0 Å². The lowest BCUT2D eigenvalue weighted by atomic mass is 10.1. The summed E-state index contributed by atoms with van der Waals surface area (Å²) in [6, 6.07) is 4.97. The van der Waals surface area contributed by atoms with Crippen molar-refractivity contribution in [2.24, 2.45) is 7.05 Å². The van der Waals surface area contributed by atoms with Crippen LogP contribution in [0.3, 0.4) is 0 Å². The van der Waals surface area contributed by atoms with E-state index in [2.05, 4.69) is 21.5 Å². The van der Waals surface area contributed by atoms with Gasteiger partial charge in [-0.25, -0.2) is 4.39 Å². The van der Waals surface area contributed by atoms with Gasteiger partial charge in [-0.2, -0.15) is 10.4 Å². The van der Waals surface area contributed by atoms with E-state index in [1.54, 1.807) is 17.8 Å². The minimum absolute atomic E-state index is 0.340. The summed E-state index contributed by atoms with van der Waals surface area (Å²) in [5.74, 6) is -0.340. The maximum absolute atomic E-state index is 13.8. The maximum atomic E-state index is 13.8. The van der Waals surface area contributed by atoms with Gasteiger partial charge < -0.3 is 5.32 Å². The summed E-state index contributed by atoms with van der Waals surface area (Å²) in [4.78, 5) is 4.28. The molecule has 0 saturated heterocycles. The van der Waals surface area contributed by atoms with Crippen LogP contribution < -0.4 is 5.32 Å². The molecular weight excluding hydrogens is 293 g/mol. The average molecular weight is 309 g/mol. The number of nitrogens with one attached hydrogen (secondary N) is 1. The highest BCUT2D eigenvalue weighted by molar-refractivity contribution is 5.95. The molecule has 0 atom stereocenters. The van der Waals surface area contributed by atoms with Gasteiger partial charge in [0.25, 0.3) is 0 Å². The quantitative estimate of drug-likeness (QED) is 0.807. The van der Waals surface area contributed by atoms with Crippen LogP contribution in [0.2, 0.25) is 0 Å². The van der Waals surface area contributed by atoms with Crippen LogP contribution in [-0.2, 0) is 13.6 Å². The van der Waals surface area contributed by atoms with Crippen LogP contribution in [0.5, 0.6) is 0 Å². The molecule has 3 aromatic rings. The average Bonchev–Trinajstić information content (AvgIpc) is 2.84. The molecule has 0 fully saturated rings. The number of anilines is 1. The van der Waals surface area contributed by atoms with Crippen LogP contribution in [-0.4, -0.2) is 14.8 Å². The van der Waals surface area contributed by atoms with E-state index in [4.69, 9.17) is 0 Å². The lowest BCUT2D eigenvalue weighted by Gasteiger charge is -2.12. The molecule has 0 radical (unpaired) electrons. The Bertz CT molecular complexity index is 936. The third kappa shape index (κ3) is 2.61. The predicted octanol–water partition coefficient (Wildman–Crippen LogP) is 3.21. The van der Waals surface area contributed by atoms with E-state index < -0.39 is 0 Å². The molecule has 6 heteroatoms. The Labute approximate surface area is 133 Å². The Balaban J connectivity index is 2.08. The highest BCUT2D eigenvalue weighted by Crippen LogP contribution is 2.29. The maximum Gasteiger partial charge on any atom is 0.124 e. The first-order valence-electron chi connectivity index (χ1n) is 7.21. The highest BCUT2D eigenvalue weighted by atomic mass is 19.1. The number of hydrogen-bond donors (Lipinski definition) is 1. The smallest absolute Gasteiger partial charge is 0.124 e. The Morgan fingerprint density at radius 2 is 2.09 bits per heavy atom. The summed E-state index contributed by atoms with van der Waals surface area (Å²) in [6.07, 6.45) is 3.30. The Morgan fingerprint density at radius 3 is 2.74 bits per heavy atom. The highest BCUT2D eigenvalue weighted by Gasteiger charge is 2.13. The first-order chi connectivity index (χ1) is 11.0. The number of pyridine rings is 1. The SMILES string of the molecule is Cc1cc(F)cc2c(NCc3cnn(C)c3C)c(C#N)cnc12. The molecule has 0 unspecified atom stereocenters.